The van der Waals surface area contributed by atoms with Crippen LogP contribution in [0, 0.1) is 19.8 Å². The lowest BCUT2D eigenvalue weighted by Crippen LogP contribution is -2.07. The fourth-order valence-electron chi connectivity index (χ4n) is 2.34. The summed E-state index contributed by atoms with van der Waals surface area (Å²) in [7, 11) is 0. The van der Waals surface area contributed by atoms with Crippen LogP contribution in [0.1, 0.15) is 30.9 Å². The summed E-state index contributed by atoms with van der Waals surface area (Å²) in [6, 6.07) is 4.03. The predicted octanol–water partition coefficient (Wildman–Crippen LogP) is 5.16. The molecule has 0 spiro atoms. The minimum absolute atomic E-state index is 0.596. The molecule has 0 aliphatic carbocycles. The number of thiophene rings is 1. The number of aryl methyl sites for hydroxylation is 1. The molecule has 3 heterocycles. The van der Waals surface area contributed by atoms with Gasteiger partial charge in [-0.3, -0.25) is 0 Å². The van der Waals surface area contributed by atoms with Gasteiger partial charge in [0.15, 0.2) is 5.16 Å². The highest BCUT2D eigenvalue weighted by molar-refractivity contribution is 7.98. The van der Waals surface area contributed by atoms with E-state index >= 15 is 0 Å². The van der Waals surface area contributed by atoms with Crippen LogP contribution >= 0.6 is 23.1 Å². The average Bonchev–Trinajstić information content (AvgIpc) is 3.21. The molecular weight excluding hydrogens is 326 g/mol. The standard InChI is InChI=1S/C17H21N3OS2/c1-11(2)8-20-13(4)12(3)18-17(20)23-10-14-9-21-16(19-14)15-6-5-7-22-15/h5-7,9,11H,8,10H2,1-4H3. The molecule has 0 bridgehead atoms. The summed E-state index contributed by atoms with van der Waals surface area (Å²) in [6.45, 7) is 9.66. The van der Waals surface area contributed by atoms with Crippen molar-refractivity contribution in [3.63, 3.8) is 0 Å². The third-order valence-electron chi connectivity index (χ3n) is 3.60. The van der Waals surface area contributed by atoms with E-state index in [9.17, 15) is 0 Å². The van der Waals surface area contributed by atoms with Crippen LogP contribution in [0.4, 0.5) is 0 Å². The van der Waals surface area contributed by atoms with E-state index in [1.54, 1.807) is 29.4 Å². The summed E-state index contributed by atoms with van der Waals surface area (Å²) in [6.07, 6.45) is 1.75. The van der Waals surface area contributed by atoms with E-state index in [-0.39, 0.29) is 0 Å². The molecule has 4 nitrogen and oxygen atoms in total. The van der Waals surface area contributed by atoms with E-state index in [0.717, 1.165) is 33.7 Å². The van der Waals surface area contributed by atoms with E-state index in [4.69, 9.17) is 9.40 Å². The van der Waals surface area contributed by atoms with Gasteiger partial charge in [0.1, 0.15) is 6.26 Å². The van der Waals surface area contributed by atoms with Crippen molar-refractivity contribution >= 4 is 23.1 Å². The van der Waals surface area contributed by atoms with Gasteiger partial charge >= 0.3 is 0 Å². The Morgan fingerprint density at radius 1 is 1.30 bits per heavy atom. The van der Waals surface area contributed by atoms with Gasteiger partial charge in [-0.2, -0.15) is 0 Å². The number of aromatic nitrogens is 3. The minimum atomic E-state index is 0.596. The van der Waals surface area contributed by atoms with Gasteiger partial charge in [-0.25, -0.2) is 9.97 Å². The third-order valence-corrected chi connectivity index (χ3v) is 5.47. The van der Waals surface area contributed by atoms with Crippen molar-refractivity contribution in [1.82, 2.24) is 14.5 Å². The monoisotopic (exact) mass is 347 g/mol. The van der Waals surface area contributed by atoms with Crippen LogP contribution < -0.4 is 0 Å². The summed E-state index contributed by atoms with van der Waals surface area (Å²) in [5.74, 6) is 2.07. The zero-order valence-corrected chi connectivity index (χ0v) is 15.5. The zero-order valence-electron chi connectivity index (χ0n) is 13.9. The van der Waals surface area contributed by atoms with Gasteiger partial charge in [-0.1, -0.05) is 31.7 Å². The second-order valence-electron chi connectivity index (χ2n) is 5.98. The zero-order chi connectivity index (χ0) is 16.4. The Bertz CT molecular complexity index is 772. The van der Waals surface area contributed by atoms with Crippen LogP contribution in [-0.2, 0) is 12.3 Å². The molecule has 3 aromatic heterocycles. The number of nitrogens with zero attached hydrogens (tertiary/aromatic N) is 3. The van der Waals surface area contributed by atoms with Crippen molar-refractivity contribution < 1.29 is 4.42 Å². The molecule has 0 aliphatic heterocycles. The molecule has 23 heavy (non-hydrogen) atoms. The molecule has 3 rings (SSSR count). The van der Waals surface area contributed by atoms with Crippen LogP contribution in [-0.4, -0.2) is 14.5 Å². The lowest BCUT2D eigenvalue weighted by Gasteiger charge is -2.11. The van der Waals surface area contributed by atoms with Crippen molar-refractivity contribution in [2.24, 2.45) is 5.92 Å². The maximum atomic E-state index is 5.58. The van der Waals surface area contributed by atoms with Crippen molar-refractivity contribution in [2.75, 3.05) is 0 Å². The summed E-state index contributed by atoms with van der Waals surface area (Å²) in [5.41, 5.74) is 3.31. The second kappa shape index (κ2) is 6.93. The highest BCUT2D eigenvalue weighted by Gasteiger charge is 2.14. The van der Waals surface area contributed by atoms with Crippen LogP contribution in [0.25, 0.3) is 10.8 Å². The van der Waals surface area contributed by atoms with E-state index in [1.165, 1.54) is 5.69 Å². The smallest absolute Gasteiger partial charge is 0.236 e. The first-order valence-electron chi connectivity index (χ1n) is 7.69. The number of hydrogen-bond donors (Lipinski definition) is 0. The molecule has 0 saturated heterocycles. The molecule has 0 N–H and O–H groups in total. The first-order chi connectivity index (χ1) is 11.0. The fourth-order valence-corrected chi connectivity index (χ4v) is 3.97. The van der Waals surface area contributed by atoms with Crippen LogP contribution in [0.3, 0.4) is 0 Å². The second-order valence-corrected chi connectivity index (χ2v) is 7.87. The number of hydrogen-bond acceptors (Lipinski definition) is 5. The quantitative estimate of drug-likeness (QED) is 0.577. The summed E-state index contributed by atoms with van der Waals surface area (Å²) in [4.78, 5) is 10.3. The van der Waals surface area contributed by atoms with E-state index in [1.807, 2.05) is 17.5 Å². The average molecular weight is 348 g/mol. The summed E-state index contributed by atoms with van der Waals surface area (Å²) in [5, 5.41) is 3.09. The van der Waals surface area contributed by atoms with Gasteiger partial charge in [0.25, 0.3) is 0 Å². The van der Waals surface area contributed by atoms with Crippen molar-refractivity contribution in [3.8, 4) is 10.8 Å². The Hall–Kier alpha value is -1.53. The maximum absolute atomic E-state index is 5.58. The first-order valence-corrected chi connectivity index (χ1v) is 9.56. The lowest BCUT2D eigenvalue weighted by atomic mass is 10.2. The molecule has 6 heteroatoms. The predicted molar refractivity (Wildman–Crippen MR) is 95.9 cm³/mol. The maximum Gasteiger partial charge on any atom is 0.236 e. The molecule has 3 aromatic rings. The van der Waals surface area contributed by atoms with E-state index in [0.29, 0.717) is 11.8 Å². The van der Waals surface area contributed by atoms with Gasteiger partial charge in [0, 0.05) is 18.0 Å². The summed E-state index contributed by atoms with van der Waals surface area (Å²) < 4.78 is 7.89. The highest BCUT2D eigenvalue weighted by atomic mass is 32.2. The molecule has 0 aliphatic rings. The van der Waals surface area contributed by atoms with E-state index < -0.39 is 0 Å². The van der Waals surface area contributed by atoms with Gasteiger partial charge in [0.05, 0.1) is 16.3 Å². The largest absolute Gasteiger partial charge is 0.444 e. The van der Waals surface area contributed by atoms with Crippen molar-refractivity contribution in [2.45, 2.75) is 45.1 Å². The van der Waals surface area contributed by atoms with E-state index in [2.05, 4.69) is 37.2 Å². The number of rotatable bonds is 6. The lowest BCUT2D eigenvalue weighted by molar-refractivity contribution is 0.486. The van der Waals surface area contributed by atoms with Crippen LogP contribution in [0.15, 0.2) is 33.3 Å². The first kappa shape index (κ1) is 16.3. The Labute approximate surface area is 145 Å². The number of thioether (sulfide) groups is 1. The van der Waals surface area contributed by atoms with Gasteiger partial charge in [0.2, 0.25) is 5.89 Å². The van der Waals surface area contributed by atoms with Gasteiger partial charge in [-0.15, -0.1) is 11.3 Å². The van der Waals surface area contributed by atoms with Crippen LogP contribution in [0.5, 0.6) is 0 Å². The molecule has 0 unspecified atom stereocenters. The minimum Gasteiger partial charge on any atom is -0.444 e. The third kappa shape index (κ3) is 3.70. The molecule has 0 fully saturated rings. The van der Waals surface area contributed by atoms with Crippen molar-refractivity contribution in [1.29, 1.82) is 0 Å². The Morgan fingerprint density at radius 3 is 2.83 bits per heavy atom. The number of oxazole rings is 1. The fraction of sp³-hybridized carbons (Fsp3) is 0.412. The van der Waals surface area contributed by atoms with Crippen LogP contribution in [0.2, 0.25) is 0 Å². The Balaban J connectivity index is 1.72. The number of imidazole rings is 1. The molecular formula is C17H21N3OS2. The normalized spacial score (nSPS) is 11.5. The molecule has 122 valence electrons. The summed E-state index contributed by atoms with van der Waals surface area (Å²) >= 11 is 3.36. The molecule has 0 atom stereocenters. The molecule has 0 aromatic carbocycles. The van der Waals surface area contributed by atoms with Crippen molar-refractivity contribution in [3.05, 3.63) is 40.9 Å². The Morgan fingerprint density at radius 2 is 2.13 bits per heavy atom. The Kier molecular flexibility index (Phi) is 4.92. The highest BCUT2D eigenvalue weighted by Crippen LogP contribution is 2.28. The molecule has 0 amide bonds. The van der Waals surface area contributed by atoms with Gasteiger partial charge < -0.3 is 8.98 Å². The SMILES string of the molecule is Cc1nc(SCc2coc(-c3cccs3)n2)n(CC(C)C)c1C. The molecule has 0 saturated carbocycles. The topological polar surface area (TPSA) is 43.9 Å². The molecule has 0 radical (unpaired) electrons. The van der Waals surface area contributed by atoms with Gasteiger partial charge in [-0.05, 0) is 31.2 Å².